The molecule has 2 amide bonds. The standard InChI is InChI=1S/C22H23N5O5S/c28-21(16-3-6-20-23-7-8-25(20)10-16)24-9-15-1-4-19(5-2-15)33(31,32)27-13-17-11-26(22(29)30)12-18(17)14-27/h1-8,10,17-18H,9,11-14H2,(H,24,28)(H,29,30)/t17-,18+. The van der Waals surface area contributed by atoms with Crippen LogP contribution in [0.4, 0.5) is 4.79 Å². The summed E-state index contributed by atoms with van der Waals surface area (Å²) in [5.74, 6) is -0.167. The quantitative estimate of drug-likeness (QED) is 0.584. The van der Waals surface area contributed by atoms with Gasteiger partial charge in [0, 0.05) is 51.3 Å². The zero-order valence-corrected chi connectivity index (χ0v) is 18.5. The Bertz CT molecular complexity index is 1310. The number of imidazole rings is 1. The molecule has 1 aromatic carbocycles. The molecule has 5 rings (SSSR count). The van der Waals surface area contributed by atoms with Crippen LogP contribution in [-0.2, 0) is 16.6 Å². The Kier molecular flexibility index (Phi) is 5.29. The highest BCUT2D eigenvalue weighted by molar-refractivity contribution is 7.89. The highest BCUT2D eigenvalue weighted by Crippen LogP contribution is 2.34. The first-order valence-electron chi connectivity index (χ1n) is 10.6. The van der Waals surface area contributed by atoms with E-state index in [0.29, 0.717) is 31.7 Å². The van der Waals surface area contributed by atoms with Crippen LogP contribution in [0.5, 0.6) is 0 Å². The zero-order chi connectivity index (χ0) is 23.2. The van der Waals surface area contributed by atoms with Crippen LogP contribution in [0.25, 0.3) is 5.65 Å². The Hall–Kier alpha value is -3.44. The van der Waals surface area contributed by atoms with Crippen LogP contribution in [0.15, 0.2) is 59.9 Å². The number of carbonyl (C=O) groups is 2. The van der Waals surface area contributed by atoms with E-state index in [9.17, 15) is 18.0 Å². The predicted molar refractivity (Wildman–Crippen MR) is 118 cm³/mol. The van der Waals surface area contributed by atoms with E-state index < -0.39 is 16.1 Å². The molecule has 2 N–H and O–H groups in total. The number of nitrogens with one attached hydrogen (secondary N) is 1. The van der Waals surface area contributed by atoms with Crippen LogP contribution < -0.4 is 5.32 Å². The number of benzene rings is 1. The molecule has 0 spiro atoms. The summed E-state index contributed by atoms with van der Waals surface area (Å²) in [6, 6.07) is 9.94. The molecule has 10 nitrogen and oxygen atoms in total. The van der Waals surface area contributed by atoms with Crippen molar-refractivity contribution in [3.8, 4) is 0 Å². The number of carboxylic acid groups (broad SMARTS) is 1. The SMILES string of the molecule is O=C(NCc1ccc(S(=O)(=O)N2C[C@H]3CN(C(=O)O)C[C@H]3C2)cc1)c1ccc2nccn2c1. The van der Waals surface area contributed by atoms with Crippen LogP contribution in [0.1, 0.15) is 15.9 Å². The second-order valence-electron chi connectivity index (χ2n) is 8.47. The lowest BCUT2D eigenvalue weighted by atomic mass is 10.0. The first-order valence-corrected chi connectivity index (χ1v) is 12.0. The van der Waals surface area contributed by atoms with Gasteiger partial charge in [-0.2, -0.15) is 4.31 Å². The van der Waals surface area contributed by atoms with E-state index in [4.69, 9.17) is 5.11 Å². The van der Waals surface area contributed by atoms with E-state index in [1.54, 1.807) is 59.4 Å². The van der Waals surface area contributed by atoms with Gasteiger partial charge in [-0.3, -0.25) is 4.79 Å². The maximum absolute atomic E-state index is 13.0. The number of fused-ring (bicyclic) bond motifs is 2. The minimum atomic E-state index is -3.65. The normalized spacial score (nSPS) is 20.8. The molecule has 0 unspecified atom stereocenters. The first kappa shape index (κ1) is 21.4. The molecular formula is C22H23N5O5S. The molecule has 2 aliphatic rings. The van der Waals surface area contributed by atoms with Gasteiger partial charge < -0.3 is 19.7 Å². The number of pyridine rings is 1. The molecule has 0 aliphatic carbocycles. The Morgan fingerprint density at radius 2 is 1.73 bits per heavy atom. The van der Waals surface area contributed by atoms with Gasteiger partial charge in [-0.1, -0.05) is 12.1 Å². The molecule has 0 radical (unpaired) electrons. The van der Waals surface area contributed by atoms with E-state index in [1.165, 1.54) is 9.21 Å². The highest BCUT2D eigenvalue weighted by atomic mass is 32.2. The van der Waals surface area contributed by atoms with E-state index in [1.807, 2.05) is 0 Å². The molecule has 2 atom stereocenters. The van der Waals surface area contributed by atoms with Crippen molar-refractivity contribution in [3.05, 3.63) is 66.1 Å². The first-order chi connectivity index (χ1) is 15.8. The third-order valence-electron chi connectivity index (χ3n) is 6.39. The van der Waals surface area contributed by atoms with E-state index >= 15 is 0 Å². The van der Waals surface area contributed by atoms with E-state index in [2.05, 4.69) is 10.3 Å². The molecule has 33 heavy (non-hydrogen) atoms. The minimum Gasteiger partial charge on any atom is -0.465 e. The van der Waals surface area contributed by atoms with Gasteiger partial charge in [0.25, 0.3) is 5.91 Å². The van der Waals surface area contributed by atoms with Crippen molar-refractivity contribution < 1.29 is 23.1 Å². The average molecular weight is 470 g/mol. The van der Waals surface area contributed by atoms with Crippen LogP contribution in [0.2, 0.25) is 0 Å². The molecular weight excluding hydrogens is 446 g/mol. The summed E-state index contributed by atoms with van der Waals surface area (Å²) < 4.78 is 29.3. The average Bonchev–Trinajstić information content (AvgIpc) is 3.52. The fourth-order valence-electron chi connectivity index (χ4n) is 4.57. The molecule has 0 saturated carbocycles. The van der Waals surface area contributed by atoms with Crippen molar-refractivity contribution in [2.75, 3.05) is 26.2 Å². The van der Waals surface area contributed by atoms with Crippen molar-refractivity contribution in [2.24, 2.45) is 11.8 Å². The summed E-state index contributed by atoms with van der Waals surface area (Å²) in [6.07, 6.45) is 4.17. The Morgan fingerprint density at radius 1 is 1.03 bits per heavy atom. The third-order valence-corrected chi connectivity index (χ3v) is 8.23. The van der Waals surface area contributed by atoms with Gasteiger partial charge in [0.05, 0.1) is 10.5 Å². The highest BCUT2D eigenvalue weighted by Gasteiger charge is 2.45. The van der Waals surface area contributed by atoms with Gasteiger partial charge in [-0.25, -0.2) is 18.2 Å². The van der Waals surface area contributed by atoms with Gasteiger partial charge in [0.2, 0.25) is 10.0 Å². The van der Waals surface area contributed by atoms with E-state index in [-0.39, 0.29) is 29.2 Å². The van der Waals surface area contributed by atoms with Gasteiger partial charge in [-0.05, 0) is 41.7 Å². The lowest BCUT2D eigenvalue weighted by Crippen LogP contribution is -2.35. The molecule has 4 heterocycles. The summed E-state index contributed by atoms with van der Waals surface area (Å²) in [7, 11) is -3.65. The van der Waals surface area contributed by atoms with Crippen LogP contribution in [0.3, 0.4) is 0 Å². The minimum absolute atomic E-state index is 0.0342. The molecule has 2 aromatic heterocycles. The number of sulfonamides is 1. The molecule has 2 aliphatic heterocycles. The maximum Gasteiger partial charge on any atom is 0.407 e. The zero-order valence-electron chi connectivity index (χ0n) is 17.7. The fourth-order valence-corrected chi connectivity index (χ4v) is 6.12. The fraction of sp³-hybridized carbons (Fsp3) is 0.318. The summed E-state index contributed by atoms with van der Waals surface area (Å²) in [6.45, 7) is 1.67. The van der Waals surface area contributed by atoms with Crippen LogP contribution in [0, 0.1) is 11.8 Å². The number of aromatic nitrogens is 2. The summed E-state index contributed by atoms with van der Waals surface area (Å²) in [4.78, 5) is 29.3. The van der Waals surface area contributed by atoms with Crippen molar-refractivity contribution in [3.63, 3.8) is 0 Å². The monoisotopic (exact) mass is 469 g/mol. The molecule has 0 bridgehead atoms. The summed E-state index contributed by atoms with van der Waals surface area (Å²) >= 11 is 0. The summed E-state index contributed by atoms with van der Waals surface area (Å²) in [5, 5.41) is 12.0. The topological polar surface area (TPSA) is 124 Å². The third kappa shape index (κ3) is 4.05. The largest absolute Gasteiger partial charge is 0.465 e. The smallest absolute Gasteiger partial charge is 0.407 e. The van der Waals surface area contributed by atoms with Crippen LogP contribution >= 0.6 is 0 Å². The van der Waals surface area contributed by atoms with Gasteiger partial charge in [-0.15, -0.1) is 0 Å². The van der Waals surface area contributed by atoms with Crippen molar-refractivity contribution in [1.82, 2.24) is 23.9 Å². The number of likely N-dealkylation sites (tertiary alicyclic amines) is 1. The Labute approximate surface area is 190 Å². The molecule has 2 saturated heterocycles. The van der Waals surface area contributed by atoms with Crippen LogP contribution in [-0.4, -0.2) is 70.3 Å². The number of hydrogen-bond acceptors (Lipinski definition) is 5. The Morgan fingerprint density at radius 3 is 2.39 bits per heavy atom. The molecule has 2 fully saturated rings. The lowest BCUT2D eigenvalue weighted by Gasteiger charge is -2.20. The number of hydrogen-bond donors (Lipinski definition) is 2. The second-order valence-corrected chi connectivity index (χ2v) is 10.4. The van der Waals surface area contributed by atoms with Crippen molar-refractivity contribution in [2.45, 2.75) is 11.4 Å². The lowest BCUT2D eigenvalue weighted by molar-refractivity contribution is 0.0950. The molecule has 172 valence electrons. The van der Waals surface area contributed by atoms with Crippen molar-refractivity contribution in [1.29, 1.82) is 0 Å². The molecule has 3 aromatic rings. The second kappa shape index (κ2) is 8.16. The summed E-state index contributed by atoms with van der Waals surface area (Å²) in [5.41, 5.74) is 2.03. The number of amides is 2. The predicted octanol–water partition coefficient (Wildman–Crippen LogP) is 1.49. The number of nitrogens with zero attached hydrogens (tertiary/aromatic N) is 4. The molecule has 11 heteroatoms. The van der Waals surface area contributed by atoms with Gasteiger partial charge in [0.15, 0.2) is 0 Å². The van der Waals surface area contributed by atoms with Gasteiger partial charge >= 0.3 is 6.09 Å². The maximum atomic E-state index is 13.0. The van der Waals surface area contributed by atoms with Gasteiger partial charge in [0.1, 0.15) is 5.65 Å². The van der Waals surface area contributed by atoms with Crippen molar-refractivity contribution >= 4 is 27.7 Å². The Balaban J connectivity index is 1.20. The number of rotatable bonds is 5. The van der Waals surface area contributed by atoms with E-state index in [0.717, 1.165) is 11.2 Å². The number of carbonyl (C=O) groups excluding carboxylic acids is 1.